The molecular weight excluding hydrogens is 238 g/mol. The van der Waals surface area contributed by atoms with Crippen LogP contribution in [-0.4, -0.2) is 16.5 Å². The number of nitrogens with one attached hydrogen (secondary N) is 1. The van der Waals surface area contributed by atoms with E-state index < -0.39 is 0 Å². The fourth-order valence-corrected chi connectivity index (χ4v) is 1.84. The van der Waals surface area contributed by atoms with E-state index in [4.69, 9.17) is 4.74 Å². The van der Waals surface area contributed by atoms with E-state index in [-0.39, 0.29) is 0 Å². The molecule has 0 aliphatic carbocycles. The molecule has 0 fully saturated rings. The molecule has 0 aliphatic heterocycles. The monoisotopic (exact) mass is 257 g/mol. The molecule has 1 N–H and O–H groups in total. The van der Waals surface area contributed by atoms with Crippen LogP contribution in [0.4, 0.5) is 5.82 Å². The normalized spacial score (nSPS) is 10.3. The number of ether oxygens (including phenoxy) is 1. The van der Waals surface area contributed by atoms with Gasteiger partial charge in [0.05, 0.1) is 5.56 Å². The van der Waals surface area contributed by atoms with Gasteiger partial charge in [-0.25, -0.2) is 9.97 Å². The second kappa shape index (κ2) is 6.18. The highest BCUT2D eigenvalue weighted by molar-refractivity contribution is 5.49. The van der Waals surface area contributed by atoms with Gasteiger partial charge in [0.15, 0.2) is 0 Å². The first-order valence-corrected chi connectivity index (χ1v) is 6.56. The van der Waals surface area contributed by atoms with Crippen LogP contribution in [0.1, 0.15) is 25.0 Å². The van der Waals surface area contributed by atoms with Gasteiger partial charge in [-0.2, -0.15) is 0 Å². The standard InChI is InChI=1S/C15H19N3O/c1-4-13-14(16-5-2)17-10-18-15(13)19-12-8-6-11(3)7-9-12/h6-10H,4-5H2,1-3H3,(H,16,17,18). The maximum absolute atomic E-state index is 5.85. The lowest BCUT2D eigenvalue weighted by Crippen LogP contribution is -2.05. The average Bonchev–Trinajstić information content (AvgIpc) is 2.42. The Morgan fingerprint density at radius 1 is 1.11 bits per heavy atom. The molecule has 0 saturated heterocycles. The molecule has 1 aromatic heterocycles. The van der Waals surface area contributed by atoms with Crippen molar-refractivity contribution in [1.29, 1.82) is 0 Å². The maximum Gasteiger partial charge on any atom is 0.227 e. The van der Waals surface area contributed by atoms with Gasteiger partial charge < -0.3 is 10.1 Å². The third-order valence-corrected chi connectivity index (χ3v) is 2.84. The van der Waals surface area contributed by atoms with Gasteiger partial charge in [-0.05, 0) is 32.4 Å². The second-order valence-electron chi connectivity index (χ2n) is 4.30. The molecule has 100 valence electrons. The van der Waals surface area contributed by atoms with E-state index in [0.717, 1.165) is 30.1 Å². The molecule has 2 rings (SSSR count). The lowest BCUT2D eigenvalue weighted by Gasteiger charge is -2.12. The summed E-state index contributed by atoms with van der Waals surface area (Å²) in [4.78, 5) is 8.49. The zero-order valence-electron chi connectivity index (χ0n) is 11.6. The van der Waals surface area contributed by atoms with Gasteiger partial charge in [0.25, 0.3) is 0 Å². The van der Waals surface area contributed by atoms with Crippen molar-refractivity contribution in [3.05, 3.63) is 41.7 Å². The van der Waals surface area contributed by atoms with E-state index in [1.807, 2.05) is 31.2 Å². The summed E-state index contributed by atoms with van der Waals surface area (Å²) in [5.74, 6) is 2.26. The van der Waals surface area contributed by atoms with Gasteiger partial charge in [-0.3, -0.25) is 0 Å². The zero-order chi connectivity index (χ0) is 13.7. The number of nitrogens with zero attached hydrogens (tertiary/aromatic N) is 2. The van der Waals surface area contributed by atoms with Crippen LogP contribution in [-0.2, 0) is 6.42 Å². The summed E-state index contributed by atoms with van der Waals surface area (Å²) in [5.41, 5.74) is 2.21. The molecule has 0 amide bonds. The summed E-state index contributed by atoms with van der Waals surface area (Å²) in [6, 6.07) is 7.94. The highest BCUT2D eigenvalue weighted by Crippen LogP contribution is 2.27. The fraction of sp³-hybridized carbons (Fsp3) is 0.333. The second-order valence-corrected chi connectivity index (χ2v) is 4.30. The van der Waals surface area contributed by atoms with Gasteiger partial charge in [0.2, 0.25) is 5.88 Å². The number of aromatic nitrogens is 2. The first kappa shape index (κ1) is 13.3. The summed E-state index contributed by atoms with van der Waals surface area (Å²) in [6.07, 6.45) is 2.35. The van der Waals surface area contributed by atoms with Gasteiger partial charge in [-0.1, -0.05) is 24.6 Å². The van der Waals surface area contributed by atoms with E-state index >= 15 is 0 Å². The fourth-order valence-electron chi connectivity index (χ4n) is 1.84. The Morgan fingerprint density at radius 2 is 1.84 bits per heavy atom. The van der Waals surface area contributed by atoms with Gasteiger partial charge in [0, 0.05) is 6.54 Å². The van der Waals surface area contributed by atoms with Crippen LogP contribution in [0.3, 0.4) is 0 Å². The number of benzene rings is 1. The summed E-state index contributed by atoms with van der Waals surface area (Å²) >= 11 is 0. The zero-order valence-corrected chi connectivity index (χ0v) is 11.6. The molecule has 1 heterocycles. The van der Waals surface area contributed by atoms with Crippen molar-refractivity contribution >= 4 is 5.82 Å². The lowest BCUT2D eigenvalue weighted by atomic mass is 10.2. The maximum atomic E-state index is 5.85. The van der Waals surface area contributed by atoms with Gasteiger partial charge in [-0.15, -0.1) is 0 Å². The van der Waals surface area contributed by atoms with Crippen molar-refractivity contribution in [2.75, 3.05) is 11.9 Å². The molecule has 0 unspecified atom stereocenters. The van der Waals surface area contributed by atoms with Crippen molar-refractivity contribution in [1.82, 2.24) is 9.97 Å². The molecule has 0 spiro atoms. The third-order valence-electron chi connectivity index (χ3n) is 2.84. The number of anilines is 1. The first-order chi connectivity index (χ1) is 9.24. The molecule has 2 aromatic rings. The van der Waals surface area contributed by atoms with Crippen LogP contribution in [0.25, 0.3) is 0 Å². The summed E-state index contributed by atoms with van der Waals surface area (Å²) in [5, 5.41) is 3.23. The number of rotatable bonds is 5. The predicted molar refractivity (Wildman–Crippen MR) is 76.8 cm³/mol. The van der Waals surface area contributed by atoms with E-state index in [9.17, 15) is 0 Å². The van der Waals surface area contributed by atoms with E-state index in [1.54, 1.807) is 0 Å². The SMILES string of the molecule is CCNc1ncnc(Oc2ccc(C)cc2)c1CC. The van der Waals surface area contributed by atoms with Crippen LogP contribution in [0, 0.1) is 6.92 Å². The minimum absolute atomic E-state index is 0.623. The van der Waals surface area contributed by atoms with Crippen LogP contribution in [0.15, 0.2) is 30.6 Å². The average molecular weight is 257 g/mol. The summed E-state index contributed by atoms with van der Waals surface area (Å²) in [6.45, 7) is 6.99. The van der Waals surface area contributed by atoms with Crippen molar-refractivity contribution in [3.63, 3.8) is 0 Å². The number of hydrogen-bond donors (Lipinski definition) is 1. The Balaban J connectivity index is 2.28. The molecule has 0 atom stereocenters. The smallest absolute Gasteiger partial charge is 0.227 e. The molecular formula is C15H19N3O. The van der Waals surface area contributed by atoms with E-state index in [1.165, 1.54) is 11.9 Å². The quantitative estimate of drug-likeness (QED) is 0.889. The van der Waals surface area contributed by atoms with E-state index in [0.29, 0.717) is 5.88 Å². The molecule has 0 saturated carbocycles. The third kappa shape index (κ3) is 3.22. The van der Waals surface area contributed by atoms with Crippen LogP contribution in [0.2, 0.25) is 0 Å². The molecule has 4 nitrogen and oxygen atoms in total. The largest absolute Gasteiger partial charge is 0.439 e. The minimum atomic E-state index is 0.623. The first-order valence-electron chi connectivity index (χ1n) is 6.56. The number of hydrogen-bond acceptors (Lipinski definition) is 4. The Labute approximate surface area is 113 Å². The lowest BCUT2D eigenvalue weighted by molar-refractivity contribution is 0.455. The Hall–Kier alpha value is -2.10. The Bertz CT molecular complexity index is 538. The minimum Gasteiger partial charge on any atom is -0.439 e. The topological polar surface area (TPSA) is 47.0 Å². The van der Waals surface area contributed by atoms with E-state index in [2.05, 4.69) is 29.1 Å². The van der Waals surface area contributed by atoms with Crippen LogP contribution in [0.5, 0.6) is 11.6 Å². The Morgan fingerprint density at radius 3 is 2.47 bits per heavy atom. The van der Waals surface area contributed by atoms with Gasteiger partial charge >= 0.3 is 0 Å². The molecule has 4 heteroatoms. The Kier molecular flexibility index (Phi) is 4.34. The van der Waals surface area contributed by atoms with Crippen molar-refractivity contribution in [2.45, 2.75) is 27.2 Å². The number of aryl methyl sites for hydroxylation is 1. The summed E-state index contributed by atoms with van der Waals surface area (Å²) in [7, 11) is 0. The van der Waals surface area contributed by atoms with Crippen LogP contribution < -0.4 is 10.1 Å². The van der Waals surface area contributed by atoms with Crippen molar-refractivity contribution in [3.8, 4) is 11.6 Å². The summed E-state index contributed by atoms with van der Waals surface area (Å²) < 4.78 is 5.85. The molecule has 0 bridgehead atoms. The highest BCUT2D eigenvalue weighted by atomic mass is 16.5. The molecule has 1 aromatic carbocycles. The van der Waals surface area contributed by atoms with Crippen molar-refractivity contribution < 1.29 is 4.74 Å². The highest BCUT2D eigenvalue weighted by Gasteiger charge is 2.11. The van der Waals surface area contributed by atoms with Crippen LogP contribution >= 0.6 is 0 Å². The predicted octanol–water partition coefficient (Wildman–Crippen LogP) is 3.57. The molecule has 0 radical (unpaired) electrons. The van der Waals surface area contributed by atoms with Crippen molar-refractivity contribution in [2.24, 2.45) is 0 Å². The molecule has 0 aliphatic rings. The molecule has 19 heavy (non-hydrogen) atoms. The van der Waals surface area contributed by atoms with Gasteiger partial charge in [0.1, 0.15) is 17.9 Å².